The van der Waals surface area contributed by atoms with Crippen LogP contribution >= 0.6 is 0 Å². The zero-order valence-corrected chi connectivity index (χ0v) is 12.5. The van der Waals surface area contributed by atoms with Gasteiger partial charge in [0.1, 0.15) is 11.6 Å². The minimum atomic E-state index is -0.269. The van der Waals surface area contributed by atoms with Crippen LogP contribution in [0, 0.1) is 5.82 Å². The highest BCUT2D eigenvalue weighted by Gasteiger charge is 2.14. The molecule has 2 heterocycles. The zero-order chi connectivity index (χ0) is 14.4. The number of likely N-dealkylation sites (N-methyl/N-ethyl adjacent to an activating group) is 1. The van der Waals surface area contributed by atoms with Gasteiger partial charge in [0, 0.05) is 32.2 Å². The van der Waals surface area contributed by atoms with Crippen molar-refractivity contribution in [1.29, 1.82) is 0 Å². The first-order valence-electron chi connectivity index (χ1n) is 7.49. The van der Waals surface area contributed by atoms with Crippen molar-refractivity contribution >= 4 is 5.82 Å². The van der Waals surface area contributed by atoms with Gasteiger partial charge in [-0.1, -0.05) is 6.92 Å². The fourth-order valence-corrected chi connectivity index (χ4v) is 2.61. The van der Waals surface area contributed by atoms with Gasteiger partial charge in [-0.2, -0.15) is 0 Å². The van der Waals surface area contributed by atoms with E-state index in [0.29, 0.717) is 6.54 Å². The number of likely N-dealkylation sites (tertiary alicyclic amines) is 1. The summed E-state index contributed by atoms with van der Waals surface area (Å²) >= 11 is 0. The molecule has 1 aromatic rings. The zero-order valence-electron chi connectivity index (χ0n) is 12.5. The summed E-state index contributed by atoms with van der Waals surface area (Å²) in [5.41, 5.74) is 0.927. The molecule has 20 heavy (non-hydrogen) atoms. The predicted molar refractivity (Wildman–Crippen MR) is 80.5 cm³/mol. The number of nitrogens with zero attached hydrogens (tertiary/aromatic N) is 3. The molecule has 0 bridgehead atoms. The first kappa shape index (κ1) is 15.2. The fourth-order valence-electron chi connectivity index (χ4n) is 2.61. The molecule has 1 aromatic heterocycles. The quantitative estimate of drug-likeness (QED) is 0.826. The summed E-state index contributed by atoms with van der Waals surface area (Å²) in [7, 11) is 2.03. The number of anilines is 1. The fraction of sp³-hybridized carbons (Fsp3) is 0.667. The third kappa shape index (κ3) is 4.15. The van der Waals surface area contributed by atoms with Crippen LogP contribution in [0.3, 0.4) is 0 Å². The van der Waals surface area contributed by atoms with E-state index in [1.54, 1.807) is 6.07 Å². The second-order valence-corrected chi connectivity index (χ2v) is 5.39. The van der Waals surface area contributed by atoms with Crippen LogP contribution < -0.4 is 10.2 Å². The van der Waals surface area contributed by atoms with Gasteiger partial charge in [-0.15, -0.1) is 0 Å². The molecule has 0 amide bonds. The van der Waals surface area contributed by atoms with Crippen LogP contribution in [0.5, 0.6) is 0 Å². The number of hydrogen-bond donors (Lipinski definition) is 1. The van der Waals surface area contributed by atoms with E-state index in [-0.39, 0.29) is 5.82 Å². The van der Waals surface area contributed by atoms with E-state index in [2.05, 4.69) is 20.1 Å². The molecular formula is C15H25FN4. The van der Waals surface area contributed by atoms with Crippen molar-refractivity contribution in [3.63, 3.8) is 0 Å². The Kier molecular flexibility index (Phi) is 5.73. The number of rotatable bonds is 7. The first-order chi connectivity index (χ1) is 9.70. The van der Waals surface area contributed by atoms with Crippen LogP contribution in [-0.2, 0) is 6.54 Å². The van der Waals surface area contributed by atoms with E-state index in [1.807, 2.05) is 14.0 Å². The average Bonchev–Trinajstić information content (AvgIpc) is 2.96. The lowest BCUT2D eigenvalue weighted by atomic mass is 10.2. The van der Waals surface area contributed by atoms with Gasteiger partial charge >= 0.3 is 0 Å². The van der Waals surface area contributed by atoms with Gasteiger partial charge < -0.3 is 15.1 Å². The van der Waals surface area contributed by atoms with E-state index in [0.717, 1.165) is 31.0 Å². The summed E-state index contributed by atoms with van der Waals surface area (Å²) < 4.78 is 13.4. The van der Waals surface area contributed by atoms with E-state index in [1.165, 1.54) is 32.1 Å². The number of hydrogen-bond acceptors (Lipinski definition) is 4. The van der Waals surface area contributed by atoms with Crippen LogP contribution in [0.15, 0.2) is 12.3 Å². The summed E-state index contributed by atoms with van der Waals surface area (Å²) in [5, 5.41) is 3.24. The Balaban J connectivity index is 1.97. The van der Waals surface area contributed by atoms with E-state index in [9.17, 15) is 4.39 Å². The van der Waals surface area contributed by atoms with Crippen LogP contribution in [0.1, 0.15) is 25.3 Å². The topological polar surface area (TPSA) is 31.4 Å². The second kappa shape index (κ2) is 7.55. The molecule has 1 fully saturated rings. The summed E-state index contributed by atoms with van der Waals surface area (Å²) in [6.07, 6.45) is 3.92. The lowest BCUT2D eigenvalue weighted by Gasteiger charge is -2.24. The third-order valence-corrected chi connectivity index (χ3v) is 3.79. The molecule has 1 N–H and O–H groups in total. The molecule has 0 unspecified atom stereocenters. The van der Waals surface area contributed by atoms with Crippen molar-refractivity contribution in [3.05, 3.63) is 23.6 Å². The molecular weight excluding hydrogens is 255 g/mol. The molecule has 2 rings (SSSR count). The Morgan fingerprint density at radius 3 is 2.85 bits per heavy atom. The van der Waals surface area contributed by atoms with Gasteiger partial charge in [-0.25, -0.2) is 9.37 Å². The standard InChI is InChI=1S/C15H25FN4/c1-3-17-11-13-10-14(16)12-18-15(13)19(2)8-9-20-6-4-5-7-20/h10,12,17H,3-9,11H2,1-2H3. The second-order valence-electron chi connectivity index (χ2n) is 5.39. The van der Waals surface area contributed by atoms with Crippen molar-refractivity contribution in [2.75, 3.05) is 44.7 Å². The summed E-state index contributed by atoms with van der Waals surface area (Å²) in [6, 6.07) is 1.58. The SMILES string of the molecule is CCNCc1cc(F)cnc1N(C)CCN1CCCC1. The first-order valence-corrected chi connectivity index (χ1v) is 7.49. The molecule has 5 heteroatoms. The Morgan fingerprint density at radius 1 is 1.40 bits per heavy atom. The molecule has 0 radical (unpaired) electrons. The summed E-state index contributed by atoms with van der Waals surface area (Å²) in [5.74, 6) is 0.612. The van der Waals surface area contributed by atoms with E-state index >= 15 is 0 Å². The molecule has 1 aliphatic rings. The maximum Gasteiger partial charge on any atom is 0.141 e. The number of aromatic nitrogens is 1. The largest absolute Gasteiger partial charge is 0.358 e. The minimum Gasteiger partial charge on any atom is -0.358 e. The van der Waals surface area contributed by atoms with Crippen molar-refractivity contribution in [3.8, 4) is 0 Å². The molecule has 112 valence electrons. The molecule has 0 saturated carbocycles. The Labute approximate surface area is 121 Å². The number of halogens is 1. The van der Waals surface area contributed by atoms with Crippen molar-refractivity contribution < 1.29 is 4.39 Å². The molecule has 0 spiro atoms. The average molecular weight is 280 g/mol. The van der Waals surface area contributed by atoms with E-state index < -0.39 is 0 Å². The number of nitrogens with one attached hydrogen (secondary N) is 1. The molecule has 1 saturated heterocycles. The Bertz CT molecular complexity index is 418. The van der Waals surface area contributed by atoms with Gasteiger partial charge in [0.2, 0.25) is 0 Å². The van der Waals surface area contributed by atoms with Gasteiger partial charge in [0.15, 0.2) is 0 Å². The smallest absolute Gasteiger partial charge is 0.141 e. The monoisotopic (exact) mass is 280 g/mol. The Morgan fingerprint density at radius 2 is 2.15 bits per heavy atom. The number of pyridine rings is 1. The van der Waals surface area contributed by atoms with Crippen molar-refractivity contribution in [2.45, 2.75) is 26.3 Å². The van der Waals surface area contributed by atoms with Gasteiger partial charge in [0.25, 0.3) is 0 Å². The molecule has 4 nitrogen and oxygen atoms in total. The lowest BCUT2D eigenvalue weighted by Crippen LogP contribution is -2.32. The highest BCUT2D eigenvalue weighted by molar-refractivity contribution is 5.46. The van der Waals surface area contributed by atoms with E-state index in [4.69, 9.17) is 0 Å². The maximum absolute atomic E-state index is 13.4. The summed E-state index contributed by atoms with van der Waals surface area (Å²) in [6.45, 7) is 7.96. The summed E-state index contributed by atoms with van der Waals surface area (Å²) in [4.78, 5) is 8.87. The normalized spacial score (nSPS) is 15.8. The minimum absolute atomic E-state index is 0.269. The van der Waals surface area contributed by atoms with Gasteiger partial charge in [-0.05, 0) is 38.5 Å². The molecule has 0 aromatic carbocycles. The van der Waals surface area contributed by atoms with Crippen molar-refractivity contribution in [1.82, 2.24) is 15.2 Å². The lowest BCUT2D eigenvalue weighted by molar-refractivity contribution is 0.346. The van der Waals surface area contributed by atoms with Crippen LogP contribution in [0.25, 0.3) is 0 Å². The predicted octanol–water partition coefficient (Wildman–Crippen LogP) is 1.86. The molecule has 1 aliphatic heterocycles. The Hall–Kier alpha value is -1.20. The van der Waals surface area contributed by atoms with Crippen LogP contribution in [-0.4, -0.2) is 49.7 Å². The highest BCUT2D eigenvalue weighted by Crippen LogP contribution is 2.17. The maximum atomic E-state index is 13.4. The molecule has 0 atom stereocenters. The van der Waals surface area contributed by atoms with Crippen molar-refractivity contribution in [2.24, 2.45) is 0 Å². The third-order valence-electron chi connectivity index (χ3n) is 3.79. The highest BCUT2D eigenvalue weighted by atomic mass is 19.1. The molecule has 0 aliphatic carbocycles. The van der Waals surface area contributed by atoms with Gasteiger partial charge in [-0.3, -0.25) is 0 Å². The van der Waals surface area contributed by atoms with Crippen LogP contribution in [0.4, 0.5) is 10.2 Å². The van der Waals surface area contributed by atoms with Gasteiger partial charge in [0.05, 0.1) is 6.20 Å². The van der Waals surface area contributed by atoms with Crippen LogP contribution in [0.2, 0.25) is 0 Å².